The molecule has 0 radical (unpaired) electrons. The van der Waals surface area contributed by atoms with Crippen LogP contribution in [-0.4, -0.2) is 31.6 Å². The molecular weight excluding hydrogens is 458 g/mol. The smallest absolute Gasteiger partial charge is 0.140 e. The van der Waals surface area contributed by atoms with Gasteiger partial charge in [-0.15, -0.1) is 11.3 Å². The third kappa shape index (κ3) is 4.55. The number of benzene rings is 2. The van der Waals surface area contributed by atoms with E-state index in [1.165, 1.54) is 26.6 Å². The summed E-state index contributed by atoms with van der Waals surface area (Å²) in [5, 5.41) is 5.03. The number of nitrogen functional groups attached to an aromatic ring is 1. The van der Waals surface area contributed by atoms with Gasteiger partial charge in [0.2, 0.25) is 0 Å². The number of anilines is 1. The van der Waals surface area contributed by atoms with E-state index >= 15 is 0 Å². The molecule has 2 N–H and O–H groups in total. The van der Waals surface area contributed by atoms with E-state index in [0.29, 0.717) is 6.73 Å². The van der Waals surface area contributed by atoms with E-state index in [0.717, 1.165) is 47.3 Å². The molecule has 7 heteroatoms. The number of aromatic nitrogens is 2. The first-order chi connectivity index (χ1) is 16.3. The molecule has 34 heavy (non-hydrogen) atoms. The molecule has 0 atom stereocenters. The topological polar surface area (TPSA) is 62.3 Å². The molecule has 5 rings (SSSR count). The zero-order valence-corrected chi connectivity index (χ0v) is 22.0. The van der Waals surface area contributed by atoms with E-state index in [9.17, 15) is 0 Å². The van der Waals surface area contributed by atoms with Crippen molar-refractivity contribution < 1.29 is 9.47 Å². The molecule has 0 saturated carbocycles. The summed E-state index contributed by atoms with van der Waals surface area (Å²) in [6.07, 6.45) is 0.883. The van der Waals surface area contributed by atoms with E-state index in [1.807, 2.05) is 41.7 Å². The third-order valence-electron chi connectivity index (χ3n) is 6.20. The maximum absolute atomic E-state index is 6.13. The minimum atomic E-state index is -1.14. The zero-order chi connectivity index (χ0) is 23.9. The Morgan fingerprint density at radius 3 is 2.56 bits per heavy atom. The van der Waals surface area contributed by atoms with Gasteiger partial charge in [-0.05, 0) is 54.1 Å². The van der Waals surface area contributed by atoms with Crippen molar-refractivity contribution in [1.82, 2.24) is 9.78 Å². The molecule has 1 aliphatic rings. The standard InChI is InChI=1S/C27H31N3O2SSi/c1-31-21-10-8-18(9-11-21)26-23-16-25-22(15-24(33-25)19-6-5-7-20(28)14-19)27(23)30(29-26)17-32-12-13-34(2,3)4/h5-11,14-15H,12-13,16-17,28H2,1-4H3. The molecule has 2 aromatic heterocycles. The highest BCUT2D eigenvalue weighted by Crippen LogP contribution is 2.48. The molecule has 0 amide bonds. The van der Waals surface area contributed by atoms with Crippen LogP contribution in [0.3, 0.4) is 0 Å². The fourth-order valence-electron chi connectivity index (χ4n) is 4.33. The van der Waals surface area contributed by atoms with Crippen LogP contribution in [0.4, 0.5) is 5.69 Å². The molecule has 0 saturated heterocycles. The molecule has 0 spiro atoms. The first-order valence-electron chi connectivity index (χ1n) is 11.6. The molecule has 0 aliphatic heterocycles. The molecule has 176 valence electrons. The van der Waals surface area contributed by atoms with Crippen LogP contribution in [0.5, 0.6) is 5.75 Å². The van der Waals surface area contributed by atoms with Crippen LogP contribution in [0.15, 0.2) is 54.6 Å². The largest absolute Gasteiger partial charge is 0.497 e. The van der Waals surface area contributed by atoms with Gasteiger partial charge in [-0.3, -0.25) is 0 Å². The van der Waals surface area contributed by atoms with Crippen molar-refractivity contribution >= 4 is 25.1 Å². The first-order valence-corrected chi connectivity index (χ1v) is 16.2. The fourth-order valence-corrected chi connectivity index (χ4v) is 6.25. The lowest BCUT2D eigenvalue weighted by Gasteiger charge is -2.15. The highest BCUT2D eigenvalue weighted by molar-refractivity contribution is 7.16. The van der Waals surface area contributed by atoms with Gasteiger partial charge in [0.1, 0.15) is 12.5 Å². The van der Waals surface area contributed by atoms with Crippen LogP contribution in [-0.2, 0) is 17.9 Å². The van der Waals surface area contributed by atoms with Gasteiger partial charge in [-0.25, -0.2) is 4.68 Å². The Balaban J connectivity index is 1.51. The third-order valence-corrected chi connectivity index (χ3v) is 9.08. The lowest BCUT2D eigenvalue weighted by atomic mass is 10.1. The predicted octanol–water partition coefficient (Wildman–Crippen LogP) is 6.75. The van der Waals surface area contributed by atoms with Crippen molar-refractivity contribution in [3.63, 3.8) is 0 Å². The summed E-state index contributed by atoms with van der Waals surface area (Å²) in [5.41, 5.74) is 13.8. The average Bonchev–Trinajstić information content (AvgIpc) is 3.46. The molecule has 4 aromatic rings. The van der Waals surface area contributed by atoms with E-state index in [-0.39, 0.29) is 0 Å². The second-order valence-electron chi connectivity index (χ2n) is 10.0. The minimum Gasteiger partial charge on any atom is -0.497 e. The summed E-state index contributed by atoms with van der Waals surface area (Å²) in [7, 11) is 0.546. The Hall–Kier alpha value is -2.87. The monoisotopic (exact) mass is 489 g/mol. The molecule has 0 bridgehead atoms. The van der Waals surface area contributed by atoms with Crippen LogP contribution in [0.1, 0.15) is 10.4 Å². The Morgan fingerprint density at radius 1 is 1.06 bits per heavy atom. The number of thiophene rings is 1. The molecule has 1 aliphatic carbocycles. The second kappa shape index (κ2) is 9.06. The van der Waals surface area contributed by atoms with E-state index in [2.05, 4.69) is 48.6 Å². The quantitative estimate of drug-likeness (QED) is 0.149. The maximum atomic E-state index is 6.13. The van der Waals surface area contributed by atoms with Crippen LogP contribution >= 0.6 is 11.3 Å². The zero-order valence-electron chi connectivity index (χ0n) is 20.2. The van der Waals surface area contributed by atoms with Crippen molar-refractivity contribution in [1.29, 1.82) is 0 Å². The van der Waals surface area contributed by atoms with Gasteiger partial charge in [0.15, 0.2) is 0 Å². The van der Waals surface area contributed by atoms with Gasteiger partial charge in [-0.2, -0.15) is 5.10 Å². The number of rotatable bonds is 8. The van der Waals surface area contributed by atoms with Crippen molar-refractivity contribution in [3.8, 4) is 38.7 Å². The lowest BCUT2D eigenvalue weighted by molar-refractivity contribution is 0.0799. The van der Waals surface area contributed by atoms with Gasteiger partial charge in [0.25, 0.3) is 0 Å². The van der Waals surface area contributed by atoms with Gasteiger partial charge >= 0.3 is 0 Å². The summed E-state index contributed by atoms with van der Waals surface area (Å²) in [5.74, 6) is 0.848. The number of fused-ring (bicyclic) bond motifs is 3. The Morgan fingerprint density at radius 2 is 1.85 bits per heavy atom. The summed E-state index contributed by atoms with van der Waals surface area (Å²) in [6.45, 7) is 8.36. The average molecular weight is 490 g/mol. The van der Waals surface area contributed by atoms with Crippen LogP contribution < -0.4 is 10.5 Å². The second-order valence-corrected chi connectivity index (χ2v) is 16.8. The molecule has 0 fully saturated rings. The highest BCUT2D eigenvalue weighted by atomic mass is 32.1. The Labute approximate surface area is 206 Å². The van der Waals surface area contributed by atoms with Crippen LogP contribution in [0, 0.1) is 0 Å². The Bertz CT molecular complexity index is 1320. The predicted molar refractivity (Wildman–Crippen MR) is 144 cm³/mol. The number of nitrogens with two attached hydrogens (primary N) is 1. The van der Waals surface area contributed by atoms with Gasteiger partial charge in [0, 0.05) is 53.2 Å². The summed E-state index contributed by atoms with van der Waals surface area (Å²) in [4.78, 5) is 2.61. The summed E-state index contributed by atoms with van der Waals surface area (Å²) < 4.78 is 13.5. The summed E-state index contributed by atoms with van der Waals surface area (Å²) >= 11 is 1.84. The molecule has 2 aromatic carbocycles. The van der Waals surface area contributed by atoms with E-state index in [4.69, 9.17) is 20.3 Å². The van der Waals surface area contributed by atoms with Crippen LogP contribution in [0.2, 0.25) is 25.7 Å². The number of ether oxygens (including phenoxy) is 2. The molecule has 2 heterocycles. The van der Waals surface area contributed by atoms with E-state index < -0.39 is 8.07 Å². The lowest BCUT2D eigenvalue weighted by Crippen LogP contribution is -2.22. The van der Waals surface area contributed by atoms with Gasteiger partial charge < -0.3 is 15.2 Å². The Kier molecular flexibility index (Phi) is 6.10. The highest BCUT2D eigenvalue weighted by Gasteiger charge is 2.30. The molecular formula is C27H31N3O2SSi. The SMILES string of the molecule is COc1ccc(-c2nn(COCC[Si](C)(C)C)c3c2Cc2sc(-c4cccc(N)c4)cc2-3)cc1. The number of hydrogen-bond acceptors (Lipinski definition) is 5. The molecule has 0 unspecified atom stereocenters. The minimum absolute atomic E-state index is 0.464. The fraction of sp³-hybridized carbons (Fsp3) is 0.296. The number of hydrogen-bond donors (Lipinski definition) is 1. The first kappa shape index (κ1) is 22.9. The van der Waals surface area contributed by atoms with Crippen molar-refractivity contribution in [2.75, 3.05) is 19.5 Å². The number of nitrogens with zero attached hydrogens (tertiary/aromatic N) is 2. The van der Waals surface area contributed by atoms with Crippen LogP contribution in [0.25, 0.3) is 33.0 Å². The molecule has 5 nitrogen and oxygen atoms in total. The summed E-state index contributed by atoms with van der Waals surface area (Å²) in [6, 6.07) is 19.7. The van der Waals surface area contributed by atoms with E-state index in [1.54, 1.807) is 7.11 Å². The normalized spacial score (nSPS) is 12.6. The van der Waals surface area contributed by atoms with Crippen molar-refractivity contribution in [2.45, 2.75) is 38.8 Å². The van der Waals surface area contributed by atoms with Crippen molar-refractivity contribution in [3.05, 3.63) is 65.0 Å². The number of methoxy groups -OCH3 is 1. The van der Waals surface area contributed by atoms with Crippen molar-refractivity contribution in [2.24, 2.45) is 0 Å². The van der Waals surface area contributed by atoms with Gasteiger partial charge in [0.05, 0.1) is 18.5 Å². The maximum Gasteiger partial charge on any atom is 0.140 e. The van der Waals surface area contributed by atoms with Gasteiger partial charge in [-0.1, -0.05) is 31.8 Å².